The number of rotatable bonds is 4. The molecule has 1 N–H and O–H groups in total. The average Bonchev–Trinajstić information content (AvgIpc) is 2.58. The number of carboxylic acids is 1. The van der Waals surface area contributed by atoms with Gasteiger partial charge < -0.3 is 14.3 Å². The number of esters is 1. The van der Waals surface area contributed by atoms with Crippen LogP contribution in [0, 0.1) is 6.92 Å². The number of aryl methyl sites for hydroxylation is 1. The molecule has 5 nitrogen and oxygen atoms in total. The van der Waals surface area contributed by atoms with Gasteiger partial charge in [0.25, 0.3) is 0 Å². The van der Waals surface area contributed by atoms with Crippen LogP contribution >= 0.6 is 0 Å². The molecule has 0 amide bonds. The summed E-state index contributed by atoms with van der Waals surface area (Å²) in [5.41, 5.74) is -0.330. The number of ether oxygens (including phenoxy) is 1. The minimum absolute atomic E-state index is 0.0689. The maximum Gasteiger partial charge on any atom is 0.341 e. The van der Waals surface area contributed by atoms with Crippen LogP contribution in [-0.4, -0.2) is 24.2 Å². The van der Waals surface area contributed by atoms with Crippen LogP contribution in [0.25, 0.3) is 0 Å². The molecule has 1 aromatic heterocycles. The Kier molecular flexibility index (Phi) is 3.60. The van der Waals surface area contributed by atoms with Crippen molar-refractivity contribution < 1.29 is 23.8 Å². The van der Waals surface area contributed by atoms with Gasteiger partial charge in [-0.25, -0.2) is 4.79 Å². The first-order valence-electron chi connectivity index (χ1n) is 5.19. The lowest BCUT2D eigenvalue weighted by Crippen LogP contribution is -2.20. The van der Waals surface area contributed by atoms with E-state index < -0.39 is 17.4 Å². The van der Waals surface area contributed by atoms with Crippen molar-refractivity contribution in [3.8, 4) is 0 Å². The normalized spacial score (nSPS) is 11.3. The smallest absolute Gasteiger partial charge is 0.341 e. The number of methoxy groups -OCH3 is 1. The fraction of sp³-hybridized carbons (Fsp3) is 0.500. The van der Waals surface area contributed by atoms with Crippen molar-refractivity contribution in [2.45, 2.75) is 32.6 Å². The Bertz CT molecular complexity index is 442. The molecule has 1 aromatic rings. The zero-order chi connectivity index (χ0) is 13.2. The Labute approximate surface area is 99.4 Å². The molecule has 5 heteroatoms. The van der Waals surface area contributed by atoms with Crippen LogP contribution in [0.4, 0.5) is 0 Å². The molecular weight excluding hydrogens is 224 g/mol. The second-order valence-electron chi connectivity index (χ2n) is 4.53. The number of carbonyl (C=O) groups excluding carboxylic acids is 1. The van der Waals surface area contributed by atoms with Crippen LogP contribution in [0.2, 0.25) is 0 Å². The average molecular weight is 240 g/mol. The summed E-state index contributed by atoms with van der Waals surface area (Å²) < 4.78 is 10.0. The van der Waals surface area contributed by atoms with Crippen molar-refractivity contribution in [1.29, 1.82) is 0 Å². The molecule has 17 heavy (non-hydrogen) atoms. The molecular formula is C12H16O5. The summed E-state index contributed by atoms with van der Waals surface area (Å²) in [5, 5.41) is 8.81. The third-order valence-corrected chi connectivity index (χ3v) is 2.58. The molecule has 1 heterocycles. The lowest BCUT2D eigenvalue weighted by atomic mass is 9.86. The molecule has 0 aromatic carbocycles. The minimum Gasteiger partial charge on any atom is -0.481 e. The standard InChI is InChI=1S/C12H16O5/c1-7-8(11(15)16-4)5-9(17-7)12(2,3)6-10(13)14/h5H,6H2,1-4H3,(H,13,14). The fourth-order valence-corrected chi connectivity index (χ4v) is 1.59. The Morgan fingerprint density at radius 2 is 2.06 bits per heavy atom. The number of hydrogen-bond acceptors (Lipinski definition) is 4. The highest BCUT2D eigenvalue weighted by atomic mass is 16.5. The Hall–Kier alpha value is -1.78. The maximum atomic E-state index is 11.4. The molecule has 0 atom stereocenters. The second kappa shape index (κ2) is 4.61. The van der Waals surface area contributed by atoms with Crippen molar-refractivity contribution in [1.82, 2.24) is 0 Å². The summed E-state index contributed by atoms with van der Waals surface area (Å²) in [6.45, 7) is 5.15. The van der Waals surface area contributed by atoms with Gasteiger partial charge in [0, 0.05) is 5.41 Å². The third kappa shape index (κ3) is 2.87. The summed E-state index contributed by atoms with van der Waals surface area (Å²) in [6.07, 6.45) is -0.0689. The van der Waals surface area contributed by atoms with Gasteiger partial charge in [-0.3, -0.25) is 4.79 Å². The Morgan fingerprint density at radius 1 is 1.47 bits per heavy atom. The van der Waals surface area contributed by atoms with E-state index in [0.29, 0.717) is 17.1 Å². The highest BCUT2D eigenvalue weighted by molar-refractivity contribution is 5.90. The predicted octanol–water partition coefficient (Wildman–Crippen LogP) is 2.13. The molecule has 0 unspecified atom stereocenters. The van der Waals surface area contributed by atoms with E-state index in [2.05, 4.69) is 4.74 Å². The lowest BCUT2D eigenvalue weighted by Gasteiger charge is -2.18. The third-order valence-electron chi connectivity index (χ3n) is 2.58. The van der Waals surface area contributed by atoms with Gasteiger partial charge in [-0.05, 0) is 13.0 Å². The highest BCUT2D eigenvalue weighted by Crippen LogP contribution is 2.30. The number of aliphatic carboxylic acids is 1. The lowest BCUT2D eigenvalue weighted by molar-refractivity contribution is -0.138. The van der Waals surface area contributed by atoms with Crippen LogP contribution in [0.1, 0.15) is 42.1 Å². The molecule has 94 valence electrons. The minimum atomic E-state index is -0.913. The van der Waals surface area contributed by atoms with Crippen molar-refractivity contribution in [3.05, 3.63) is 23.2 Å². The SMILES string of the molecule is COC(=O)c1cc(C(C)(C)CC(=O)O)oc1C. The molecule has 0 radical (unpaired) electrons. The largest absolute Gasteiger partial charge is 0.481 e. The van der Waals surface area contributed by atoms with E-state index in [1.54, 1.807) is 26.8 Å². The monoisotopic (exact) mass is 240 g/mol. The van der Waals surface area contributed by atoms with Crippen molar-refractivity contribution in [3.63, 3.8) is 0 Å². The molecule has 0 aliphatic heterocycles. The van der Waals surface area contributed by atoms with E-state index in [0.717, 1.165) is 0 Å². The molecule has 0 bridgehead atoms. The maximum absolute atomic E-state index is 11.4. The van der Waals surface area contributed by atoms with Gasteiger partial charge in [-0.2, -0.15) is 0 Å². The van der Waals surface area contributed by atoms with Crippen molar-refractivity contribution >= 4 is 11.9 Å². The summed E-state index contributed by atoms with van der Waals surface area (Å²) in [4.78, 5) is 22.1. The van der Waals surface area contributed by atoms with Gasteiger partial charge >= 0.3 is 11.9 Å². The molecule has 0 saturated heterocycles. The Morgan fingerprint density at radius 3 is 2.53 bits per heavy atom. The first kappa shape index (κ1) is 13.3. The number of carbonyl (C=O) groups is 2. The van der Waals surface area contributed by atoms with E-state index in [1.165, 1.54) is 7.11 Å². The molecule has 1 rings (SSSR count). The highest BCUT2D eigenvalue weighted by Gasteiger charge is 2.30. The van der Waals surface area contributed by atoms with E-state index in [-0.39, 0.29) is 6.42 Å². The van der Waals surface area contributed by atoms with Crippen LogP contribution < -0.4 is 0 Å². The first-order chi connectivity index (χ1) is 7.77. The van der Waals surface area contributed by atoms with Gasteiger partial charge in [-0.15, -0.1) is 0 Å². The van der Waals surface area contributed by atoms with Crippen molar-refractivity contribution in [2.24, 2.45) is 0 Å². The van der Waals surface area contributed by atoms with Crippen LogP contribution in [0.15, 0.2) is 10.5 Å². The van der Waals surface area contributed by atoms with Gasteiger partial charge in [0.1, 0.15) is 17.1 Å². The van der Waals surface area contributed by atoms with Gasteiger partial charge in [0.2, 0.25) is 0 Å². The van der Waals surface area contributed by atoms with E-state index >= 15 is 0 Å². The molecule has 0 saturated carbocycles. The molecule has 0 aliphatic carbocycles. The quantitative estimate of drug-likeness (QED) is 0.816. The first-order valence-corrected chi connectivity index (χ1v) is 5.19. The van der Waals surface area contributed by atoms with Crippen LogP contribution in [0.3, 0.4) is 0 Å². The van der Waals surface area contributed by atoms with Crippen molar-refractivity contribution in [2.75, 3.05) is 7.11 Å². The van der Waals surface area contributed by atoms with E-state index in [4.69, 9.17) is 9.52 Å². The predicted molar refractivity (Wildman–Crippen MR) is 60.1 cm³/mol. The zero-order valence-electron chi connectivity index (χ0n) is 10.4. The Balaban J connectivity index is 3.08. The zero-order valence-corrected chi connectivity index (χ0v) is 10.4. The van der Waals surface area contributed by atoms with Gasteiger partial charge in [0.15, 0.2) is 0 Å². The van der Waals surface area contributed by atoms with E-state index in [9.17, 15) is 9.59 Å². The van der Waals surface area contributed by atoms with Gasteiger partial charge in [0.05, 0.1) is 13.5 Å². The fourth-order valence-electron chi connectivity index (χ4n) is 1.59. The summed E-state index contributed by atoms with van der Waals surface area (Å²) >= 11 is 0. The van der Waals surface area contributed by atoms with Crippen LogP contribution in [-0.2, 0) is 14.9 Å². The topological polar surface area (TPSA) is 76.7 Å². The molecule has 0 fully saturated rings. The van der Waals surface area contributed by atoms with Crippen LogP contribution in [0.5, 0.6) is 0 Å². The number of hydrogen-bond donors (Lipinski definition) is 1. The van der Waals surface area contributed by atoms with Gasteiger partial charge in [-0.1, -0.05) is 13.8 Å². The molecule has 0 aliphatic rings. The summed E-state index contributed by atoms with van der Waals surface area (Å²) in [6, 6.07) is 1.55. The second-order valence-corrected chi connectivity index (χ2v) is 4.53. The summed E-state index contributed by atoms with van der Waals surface area (Å²) in [5.74, 6) is -0.490. The number of furan rings is 1. The number of carboxylic acid groups (broad SMARTS) is 1. The summed E-state index contributed by atoms with van der Waals surface area (Å²) in [7, 11) is 1.29. The molecule has 0 spiro atoms. The van der Waals surface area contributed by atoms with E-state index in [1.807, 2.05) is 0 Å².